The van der Waals surface area contributed by atoms with Gasteiger partial charge in [0.2, 0.25) is 0 Å². The number of hydrogen-bond acceptors (Lipinski definition) is 4. The van der Waals surface area contributed by atoms with Crippen LogP contribution in [0.5, 0.6) is 0 Å². The maximum Gasteiger partial charge on any atom is 0.198 e. The topological polar surface area (TPSA) is 25.8 Å². The van der Waals surface area contributed by atoms with Crippen LogP contribution in [-0.2, 0) is 0 Å². The molecule has 1 aromatic carbocycles. The Labute approximate surface area is 101 Å². The van der Waals surface area contributed by atoms with E-state index in [0.717, 1.165) is 15.1 Å². The van der Waals surface area contributed by atoms with E-state index in [1.54, 1.807) is 29.3 Å². The van der Waals surface area contributed by atoms with Gasteiger partial charge in [0, 0.05) is 22.3 Å². The average Bonchev–Trinajstić information content (AvgIpc) is 2.30. The van der Waals surface area contributed by atoms with E-state index in [2.05, 4.69) is 9.97 Å². The molecule has 0 radical (unpaired) electrons. The Morgan fingerprint density at radius 3 is 2.27 bits per heavy atom. The summed E-state index contributed by atoms with van der Waals surface area (Å²) in [4.78, 5) is 9.37. The van der Waals surface area contributed by atoms with E-state index in [1.807, 2.05) is 24.3 Å². The van der Waals surface area contributed by atoms with Crippen LogP contribution in [-0.4, -0.2) is 9.97 Å². The van der Waals surface area contributed by atoms with E-state index in [4.69, 9.17) is 11.6 Å². The van der Waals surface area contributed by atoms with Crippen LogP contribution >= 0.6 is 33.2 Å². The highest BCUT2D eigenvalue weighted by Gasteiger charge is 1.98. The van der Waals surface area contributed by atoms with Crippen LogP contribution in [0.3, 0.4) is 0 Å². The van der Waals surface area contributed by atoms with Crippen molar-refractivity contribution in [1.29, 1.82) is 0 Å². The minimum atomic E-state index is 0.750. The summed E-state index contributed by atoms with van der Waals surface area (Å²) in [6, 6.07) is 9.50. The molecule has 15 heavy (non-hydrogen) atoms. The van der Waals surface area contributed by atoms with Crippen molar-refractivity contribution in [3.8, 4) is 0 Å². The maximum absolute atomic E-state index is 5.79. The van der Waals surface area contributed by atoms with Gasteiger partial charge in [-0.15, -0.1) is 0 Å². The summed E-state index contributed by atoms with van der Waals surface area (Å²) in [7, 11) is 3.15. The molecule has 0 bridgehead atoms. The van der Waals surface area contributed by atoms with Crippen LogP contribution in [0.15, 0.2) is 52.8 Å². The van der Waals surface area contributed by atoms with Crippen molar-refractivity contribution in [2.75, 3.05) is 0 Å². The van der Waals surface area contributed by atoms with Crippen molar-refractivity contribution >= 4 is 33.2 Å². The molecule has 1 aromatic heterocycles. The molecule has 0 spiro atoms. The molecule has 2 aromatic rings. The van der Waals surface area contributed by atoms with E-state index in [9.17, 15) is 0 Å². The lowest BCUT2D eigenvalue weighted by atomic mass is 10.4. The van der Waals surface area contributed by atoms with Gasteiger partial charge >= 0.3 is 0 Å². The number of halogens is 1. The number of benzene rings is 1. The predicted molar refractivity (Wildman–Crippen MR) is 65.2 cm³/mol. The van der Waals surface area contributed by atoms with Crippen LogP contribution in [0.2, 0.25) is 5.02 Å². The summed E-state index contributed by atoms with van der Waals surface area (Å²) < 4.78 is 0. The number of nitrogens with zero attached hydrogens (tertiary/aromatic N) is 2. The molecular formula is C10H7ClN2S2. The standard InChI is InChI=1S/C10H7ClN2S2/c11-8-2-4-9(5-3-8)14-15-10-12-6-1-7-13-10/h1-7H. The number of rotatable bonds is 3. The summed E-state index contributed by atoms with van der Waals surface area (Å²) >= 11 is 5.79. The molecular weight excluding hydrogens is 248 g/mol. The molecule has 0 aliphatic carbocycles. The lowest BCUT2D eigenvalue weighted by Gasteiger charge is -1.98. The van der Waals surface area contributed by atoms with Crippen molar-refractivity contribution in [3.63, 3.8) is 0 Å². The zero-order valence-electron chi connectivity index (χ0n) is 7.63. The minimum Gasteiger partial charge on any atom is -0.230 e. The summed E-state index contributed by atoms with van der Waals surface area (Å²) in [6.07, 6.45) is 3.47. The summed E-state index contributed by atoms with van der Waals surface area (Å²) in [5.74, 6) is 0. The third-order valence-corrected chi connectivity index (χ3v) is 4.00. The number of aromatic nitrogens is 2. The van der Waals surface area contributed by atoms with Crippen molar-refractivity contribution in [3.05, 3.63) is 47.7 Å². The first-order valence-electron chi connectivity index (χ1n) is 4.22. The maximum atomic E-state index is 5.79. The van der Waals surface area contributed by atoms with Gasteiger partial charge in [-0.25, -0.2) is 9.97 Å². The van der Waals surface area contributed by atoms with Crippen LogP contribution in [0.4, 0.5) is 0 Å². The fourth-order valence-corrected chi connectivity index (χ4v) is 2.76. The Bertz CT molecular complexity index is 419. The van der Waals surface area contributed by atoms with Gasteiger partial charge < -0.3 is 0 Å². The van der Waals surface area contributed by atoms with Crippen molar-refractivity contribution in [2.24, 2.45) is 0 Å². The highest BCUT2D eigenvalue weighted by Crippen LogP contribution is 2.35. The van der Waals surface area contributed by atoms with Gasteiger partial charge in [-0.05, 0) is 51.9 Å². The smallest absolute Gasteiger partial charge is 0.198 e. The fourth-order valence-electron chi connectivity index (χ4n) is 0.904. The SMILES string of the molecule is Clc1ccc(SSc2ncccn2)cc1. The van der Waals surface area contributed by atoms with E-state index < -0.39 is 0 Å². The first-order valence-corrected chi connectivity index (χ1v) is 6.74. The average molecular weight is 255 g/mol. The van der Waals surface area contributed by atoms with Crippen LogP contribution < -0.4 is 0 Å². The minimum absolute atomic E-state index is 0.750. The molecule has 0 N–H and O–H groups in total. The predicted octanol–water partition coefficient (Wildman–Crippen LogP) is 3.93. The van der Waals surface area contributed by atoms with Crippen molar-refractivity contribution in [2.45, 2.75) is 10.1 Å². The summed E-state index contributed by atoms with van der Waals surface area (Å²) in [6.45, 7) is 0. The Morgan fingerprint density at radius 1 is 0.933 bits per heavy atom. The first kappa shape index (κ1) is 10.8. The molecule has 0 atom stereocenters. The molecule has 0 saturated heterocycles. The van der Waals surface area contributed by atoms with E-state index in [1.165, 1.54) is 10.8 Å². The summed E-state index contributed by atoms with van der Waals surface area (Å²) in [5.41, 5.74) is 0. The highest BCUT2D eigenvalue weighted by molar-refractivity contribution is 8.76. The molecule has 0 unspecified atom stereocenters. The second-order valence-corrected chi connectivity index (χ2v) is 5.26. The zero-order valence-corrected chi connectivity index (χ0v) is 10.0. The molecule has 0 saturated carbocycles. The Morgan fingerprint density at radius 2 is 1.60 bits per heavy atom. The molecule has 0 aliphatic heterocycles. The quantitative estimate of drug-likeness (QED) is 0.612. The Hall–Kier alpha value is -0.710. The molecule has 76 valence electrons. The summed E-state index contributed by atoms with van der Waals surface area (Å²) in [5, 5.41) is 1.51. The lowest BCUT2D eigenvalue weighted by molar-refractivity contribution is 0.973. The second kappa shape index (κ2) is 5.39. The van der Waals surface area contributed by atoms with Gasteiger partial charge in [-0.2, -0.15) is 0 Å². The van der Waals surface area contributed by atoms with E-state index in [-0.39, 0.29) is 0 Å². The van der Waals surface area contributed by atoms with Gasteiger partial charge in [0.05, 0.1) is 0 Å². The molecule has 1 heterocycles. The molecule has 0 aliphatic rings. The van der Waals surface area contributed by atoms with Gasteiger partial charge in [-0.1, -0.05) is 11.6 Å². The number of hydrogen-bond donors (Lipinski definition) is 0. The third kappa shape index (κ3) is 3.41. The Balaban J connectivity index is 1.96. The molecule has 2 nitrogen and oxygen atoms in total. The van der Waals surface area contributed by atoms with E-state index in [0.29, 0.717) is 0 Å². The normalized spacial score (nSPS) is 10.2. The van der Waals surface area contributed by atoms with Crippen molar-refractivity contribution in [1.82, 2.24) is 9.97 Å². The van der Waals surface area contributed by atoms with Gasteiger partial charge in [-0.3, -0.25) is 0 Å². The molecule has 2 rings (SSSR count). The molecule has 0 fully saturated rings. The van der Waals surface area contributed by atoms with Crippen LogP contribution in [0, 0.1) is 0 Å². The van der Waals surface area contributed by atoms with Gasteiger partial charge in [0.25, 0.3) is 0 Å². The van der Waals surface area contributed by atoms with Gasteiger partial charge in [0.15, 0.2) is 5.16 Å². The van der Waals surface area contributed by atoms with Gasteiger partial charge in [0.1, 0.15) is 0 Å². The lowest BCUT2D eigenvalue weighted by Crippen LogP contribution is -1.79. The first-order chi connectivity index (χ1) is 7.34. The Kier molecular flexibility index (Phi) is 3.88. The van der Waals surface area contributed by atoms with Crippen LogP contribution in [0.25, 0.3) is 0 Å². The largest absolute Gasteiger partial charge is 0.230 e. The molecule has 0 amide bonds. The zero-order chi connectivity index (χ0) is 10.5. The monoisotopic (exact) mass is 254 g/mol. The fraction of sp³-hybridized carbons (Fsp3) is 0. The van der Waals surface area contributed by atoms with Crippen LogP contribution in [0.1, 0.15) is 0 Å². The second-order valence-electron chi connectivity index (χ2n) is 2.65. The van der Waals surface area contributed by atoms with E-state index >= 15 is 0 Å². The third-order valence-electron chi connectivity index (χ3n) is 1.57. The van der Waals surface area contributed by atoms with Crippen molar-refractivity contribution < 1.29 is 0 Å². The molecule has 5 heteroatoms. The highest BCUT2D eigenvalue weighted by atomic mass is 35.5.